The van der Waals surface area contributed by atoms with E-state index in [0.29, 0.717) is 22.4 Å². The van der Waals surface area contributed by atoms with Crippen molar-refractivity contribution in [1.29, 1.82) is 0 Å². The number of carbonyl (C=O) groups excluding carboxylic acids is 3. The molecule has 3 aromatic rings. The molecule has 0 heterocycles. The Bertz CT molecular complexity index is 1250. The van der Waals surface area contributed by atoms with E-state index in [9.17, 15) is 14.4 Å². The molecule has 1 aliphatic rings. The Morgan fingerprint density at radius 1 is 0.871 bits per heavy atom. The minimum Gasteiger partial charge on any atom is -0.497 e. The fourth-order valence-corrected chi connectivity index (χ4v) is 3.90. The van der Waals surface area contributed by atoms with Crippen molar-refractivity contribution in [3.05, 3.63) is 99.6 Å². The highest BCUT2D eigenvalue weighted by molar-refractivity contribution is 6.30. The molecule has 31 heavy (non-hydrogen) atoms. The Morgan fingerprint density at radius 3 is 2.13 bits per heavy atom. The Labute approximate surface area is 180 Å². The van der Waals surface area contributed by atoms with Crippen LogP contribution >= 0.6 is 0 Å². The number of aryl methyl sites for hydroxylation is 2. The third kappa shape index (κ3) is 3.66. The lowest BCUT2D eigenvalue weighted by atomic mass is 9.83. The molecule has 1 N–H and O–H groups in total. The molecule has 3 aromatic carbocycles. The van der Waals surface area contributed by atoms with Gasteiger partial charge in [-0.25, -0.2) is 0 Å². The third-order valence-electron chi connectivity index (χ3n) is 5.41. The van der Waals surface area contributed by atoms with E-state index in [0.717, 1.165) is 22.4 Å². The van der Waals surface area contributed by atoms with Gasteiger partial charge < -0.3 is 10.1 Å². The van der Waals surface area contributed by atoms with Crippen molar-refractivity contribution in [3.63, 3.8) is 0 Å². The van der Waals surface area contributed by atoms with E-state index in [2.05, 4.69) is 5.32 Å². The van der Waals surface area contributed by atoms with E-state index >= 15 is 0 Å². The highest BCUT2D eigenvalue weighted by Crippen LogP contribution is 2.32. The summed E-state index contributed by atoms with van der Waals surface area (Å²) in [6.07, 6.45) is 3.15. The Hall–Kier alpha value is -3.99. The number of nitrogens with one attached hydrogen (secondary N) is 1. The first-order chi connectivity index (χ1) is 14.9. The summed E-state index contributed by atoms with van der Waals surface area (Å²) in [6, 6.07) is 15.4. The molecule has 5 nitrogen and oxygen atoms in total. The van der Waals surface area contributed by atoms with Crippen LogP contribution in [-0.2, 0) is 4.79 Å². The van der Waals surface area contributed by atoms with Gasteiger partial charge >= 0.3 is 0 Å². The molecule has 1 amide bonds. The highest BCUT2D eigenvalue weighted by atomic mass is 16.5. The van der Waals surface area contributed by atoms with E-state index in [4.69, 9.17) is 4.74 Å². The zero-order valence-corrected chi connectivity index (χ0v) is 17.5. The number of hydrogen-bond acceptors (Lipinski definition) is 4. The van der Waals surface area contributed by atoms with Crippen molar-refractivity contribution < 1.29 is 19.1 Å². The molecule has 0 saturated carbocycles. The molecule has 0 bridgehead atoms. The molecule has 4 rings (SSSR count). The topological polar surface area (TPSA) is 72.5 Å². The number of ketones is 2. The molecule has 0 spiro atoms. The lowest BCUT2D eigenvalue weighted by Gasteiger charge is -2.20. The molecular formula is C26H21NO4. The average Bonchev–Trinajstić information content (AvgIpc) is 2.76. The summed E-state index contributed by atoms with van der Waals surface area (Å²) in [5, 5.41) is 2.76. The predicted octanol–water partition coefficient (Wildman–Crippen LogP) is 4.74. The Morgan fingerprint density at radius 2 is 1.48 bits per heavy atom. The fraction of sp³-hybridized carbons (Fsp3) is 0.115. The zero-order chi connectivity index (χ0) is 22.1. The number of hydrogen-bond donors (Lipinski definition) is 1. The summed E-state index contributed by atoms with van der Waals surface area (Å²) in [4.78, 5) is 38.5. The highest BCUT2D eigenvalue weighted by Gasteiger charge is 2.31. The lowest BCUT2D eigenvalue weighted by molar-refractivity contribution is -0.111. The SMILES string of the molecule is COc1cc(C)c(/C=C/C(=O)Nc2cccc3c2C(=O)c2ccccc2C3=O)c(C)c1. The van der Waals surface area contributed by atoms with Crippen LogP contribution in [0.5, 0.6) is 5.75 Å². The summed E-state index contributed by atoms with van der Waals surface area (Å²) in [5.74, 6) is -0.119. The number of anilines is 1. The van der Waals surface area contributed by atoms with Crippen molar-refractivity contribution in [2.24, 2.45) is 0 Å². The number of carbonyl (C=O) groups is 3. The maximum absolute atomic E-state index is 13.1. The fourth-order valence-electron chi connectivity index (χ4n) is 3.90. The predicted molar refractivity (Wildman–Crippen MR) is 120 cm³/mol. The Kier molecular flexibility index (Phi) is 5.26. The van der Waals surface area contributed by atoms with Gasteiger partial charge in [0.1, 0.15) is 5.75 Å². The molecule has 0 atom stereocenters. The lowest BCUT2D eigenvalue weighted by Crippen LogP contribution is -2.23. The number of fused-ring (bicyclic) bond motifs is 2. The van der Waals surface area contributed by atoms with E-state index in [-0.39, 0.29) is 23.0 Å². The van der Waals surface area contributed by atoms with Crippen molar-refractivity contribution in [1.82, 2.24) is 0 Å². The van der Waals surface area contributed by atoms with E-state index in [1.807, 2.05) is 26.0 Å². The van der Waals surface area contributed by atoms with Crippen molar-refractivity contribution in [2.75, 3.05) is 12.4 Å². The van der Waals surface area contributed by atoms with Gasteiger partial charge in [0.25, 0.3) is 0 Å². The van der Waals surface area contributed by atoms with Crippen LogP contribution in [0.25, 0.3) is 6.08 Å². The minimum atomic E-state index is -0.387. The molecule has 0 radical (unpaired) electrons. The minimum absolute atomic E-state index is 0.221. The van der Waals surface area contributed by atoms with Gasteiger partial charge in [0.2, 0.25) is 5.91 Å². The van der Waals surface area contributed by atoms with Crippen LogP contribution in [0.3, 0.4) is 0 Å². The van der Waals surface area contributed by atoms with E-state index < -0.39 is 0 Å². The van der Waals surface area contributed by atoms with Gasteiger partial charge in [-0.1, -0.05) is 36.4 Å². The molecular weight excluding hydrogens is 390 g/mol. The molecule has 154 valence electrons. The molecule has 0 aliphatic heterocycles. The van der Waals surface area contributed by atoms with Gasteiger partial charge in [0.15, 0.2) is 11.6 Å². The van der Waals surface area contributed by atoms with Crippen LogP contribution in [-0.4, -0.2) is 24.6 Å². The van der Waals surface area contributed by atoms with Crippen LogP contribution in [0.2, 0.25) is 0 Å². The summed E-state index contributed by atoms with van der Waals surface area (Å²) < 4.78 is 5.27. The van der Waals surface area contributed by atoms with Gasteiger partial charge in [-0.15, -0.1) is 0 Å². The van der Waals surface area contributed by atoms with E-state index in [1.54, 1.807) is 55.7 Å². The quantitative estimate of drug-likeness (QED) is 0.493. The molecule has 0 unspecified atom stereocenters. The maximum Gasteiger partial charge on any atom is 0.248 e. The monoisotopic (exact) mass is 411 g/mol. The van der Waals surface area contributed by atoms with Gasteiger partial charge in [0, 0.05) is 22.8 Å². The summed E-state index contributed by atoms with van der Waals surface area (Å²) in [7, 11) is 1.61. The van der Waals surface area contributed by atoms with Gasteiger partial charge in [-0.3, -0.25) is 14.4 Å². The van der Waals surface area contributed by atoms with E-state index in [1.165, 1.54) is 6.08 Å². The number of rotatable bonds is 4. The standard InChI is InChI=1S/C26H21NO4/c1-15-13-17(31-3)14-16(2)18(15)11-12-23(28)27-22-10-6-9-21-24(22)26(30)20-8-5-4-7-19(20)25(21)29/h4-14H,1-3H3,(H,27,28)/b12-11+. The molecule has 0 aromatic heterocycles. The summed E-state index contributed by atoms with van der Waals surface area (Å²) in [6.45, 7) is 3.89. The number of ether oxygens (including phenoxy) is 1. The molecule has 1 aliphatic carbocycles. The van der Waals surface area contributed by atoms with Gasteiger partial charge in [-0.05, 0) is 54.8 Å². The van der Waals surface area contributed by atoms with Crippen LogP contribution < -0.4 is 10.1 Å². The molecule has 0 saturated heterocycles. The van der Waals surface area contributed by atoms with Gasteiger partial charge in [-0.2, -0.15) is 0 Å². The van der Waals surface area contributed by atoms with Crippen LogP contribution in [0.4, 0.5) is 5.69 Å². The first kappa shape index (κ1) is 20.3. The van der Waals surface area contributed by atoms with Crippen LogP contribution in [0.15, 0.2) is 60.7 Å². The maximum atomic E-state index is 13.1. The first-order valence-electron chi connectivity index (χ1n) is 9.86. The molecule has 5 heteroatoms. The average molecular weight is 411 g/mol. The second-order valence-corrected chi connectivity index (χ2v) is 7.43. The Balaban J connectivity index is 1.63. The number of benzene rings is 3. The second kappa shape index (κ2) is 8.03. The van der Waals surface area contributed by atoms with Crippen molar-refractivity contribution in [3.8, 4) is 5.75 Å². The number of amides is 1. The third-order valence-corrected chi connectivity index (χ3v) is 5.41. The second-order valence-electron chi connectivity index (χ2n) is 7.43. The summed E-state index contributed by atoms with van der Waals surface area (Å²) in [5.41, 5.74) is 4.47. The van der Waals surface area contributed by atoms with Gasteiger partial charge in [0.05, 0.1) is 18.4 Å². The van der Waals surface area contributed by atoms with Crippen molar-refractivity contribution >= 4 is 29.2 Å². The zero-order valence-electron chi connectivity index (χ0n) is 17.5. The molecule has 0 fully saturated rings. The smallest absolute Gasteiger partial charge is 0.248 e. The summed E-state index contributed by atoms with van der Waals surface area (Å²) >= 11 is 0. The van der Waals surface area contributed by atoms with Crippen molar-refractivity contribution in [2.45, 2.75) is 13.8 Å². The van der Waals surface area contributed by atoms with Crippen LogP contribution in [0, 0.1) is 13.8 Å². The largest absolute Gasteiger partial charge is 0.497 e. The van der Waals surface area contributed by atoms with Crippen LogP contribution in [0.1, 0.15) is 48.5 Å². The first-order valence-corrected chi connectivity index (χ1v) is 9.86. The normalized spacial score (nSPS) is 12.5. The number of methoxy groups -OCH3 is 1.